The second-order valence-electron chi connectivity index (χ2n) is 8.30. The van der Waals surface area contributed by atoms with Crippen LogP contribution in [0.25, 0.3) is 16.9 Å². The zero-order valence-corrected chi connectivity index (χ0v) is 20.0. The van der Waals surface area contributed by atoms with Crippen molar-refractivity contribution in [1.29, 1.82) is 5.26 Å². The monoisotopic (exact) mass is 502 g/mol. The summed E-state index contributed by atoms with van der Waals surface area (Å²) in [5, 5.41) is 28.8. The Hall–Kier alpha value is -3.63. The number of aliphatic hydroxyl groups excluding tert-OH is 1. The normalized spacial score (nSPS) is 16.5. The van der Waals surface area contributed by atoms with Gasteiger partial charge in [-0.15, -0.1) is 0 Å². The van der Waals surface area contributed by atoms with Gasteiger partial charge in [0.25, 0.3) is 5.91 Å². The van der Waals surface area contributed by atoms with Crippen LogP contribution in [-0.4, -0.2) is 26.9 Å². The number of fused-ring (bicyclic) bond motifs is 1. The largest absolute Gasteiger partial charge is 0.390 e. The first kappa shape index (κ1) is 23.1. The molecule has 2 atom stereocenters. The number of nitriles is 1. The van der Waals surface area contributed by atoms with E-state index in [1.54, 1.807) is 35.0 Å². The van der Waals surface area contributed by atoms with Crippen molar-refractivity contribution in [2.75, 3.05) is 0 Å². The van der Waals surface area contributed by atoms with Crippen LogP contribution in [0.3, 0.4) is 0 Å². The maximum atomic E-state index is 13.6. The van der Waals surface area contributed by atoms with E-state index in [0.29, 0.717) is 33.4 Å². The molecule has 0 fully saturated rings. The summed E-state index contributed by atoms with van der Waals surface area (Å²) in [6.07, 6.45) is -0.345. The van der Waals surface area contributed by atoms with Crippen LogP contribution >= 0.6 is 23.2 Å². The minimum absolute atomic E-state index is 0.0467. The Morgan fingerprint density at radius 3 is 2.54 bits per heavy atom. The van der Waals surface area contributed by atoms with Gasteiger partial charge in [-0.05, 0) is 35.4 Å². The molecule has 1 amide bonds. The summed E-state index contributed by atoms with van der Waals surface area (Å²) in [5.74, 6) is -0.475. The lowest BCUT2D eigenvalue weighted by Gasteiger charge is -2.17. The molecule has 2 N–H and O–H groups in total. The molecular formula is C27H20Cl2N4O2. The van der Waals surface area contributed by atoms with Crippen molar-refractivity contribution in [2.45, 2.75) is 25.0 Å². The Bertz CT molecular complexity index is 1460. The number of benzene rings is 3. The molecule has 5 rings (SSSR count). The predicted octanol–water partition coefficient (Wildman–Crippen LogP) is 5.30. The molecule has 0 aliphatic heterocycles. The number of aliphatic hydroxyl groups is 1. The Kier molecular flexibility index (Phi) is 6.31. The number of carbonyl (C=O) groups excluding carboxylic acids is 1. The highest BCUT2D eigenvalue weighted by atomic mass is 35.5. The van der Waals surface area contributed by atoms with Gasteiger partial charge < -0.3 is 10.4 Å². The van der Waals surface area contributed by atoms with E-state index in [1.807, 2.05) is 42.5 Å². The summed E-state index contributed by atoms with van der Waals surface area (Å²) in [6, 6.07) is 23.5. The maximum Gasteiger partial charge on any atom is 0.272 e. The first-order valence-corrected chi connectivity index (χ1v) is 11.8. The number of nitrogens with zero attached hydrogens (tertiary/aromatic N) is 3. The lowest BCUT2D eigenvalue weighted by atomic mass is 10.0. The molecule has 174 valence electrons. The molecule has 0 bridgehead atoms. The summed E-state index contributed by atoms with van der Waals surface area (Å²) in [7, 11) is 0. The van der Waals surface area contributed by atoms with Crippen molar-refractivity contribution >= 4 is 29.1 Å². The lowest BCUT2D eigenvalue weighted by molar-refractivity contribution is 0.0852. The fourth-order valence-corrected chi connectivity index (χ4v) is 4.88. The van der Waals surface area contributed by atoms with Crippen LogP contribution in [0, 0.1) is 11.3 Å². The number of carbonyl (C=O) groups is 1. The van der Waals surface area contributed by atoms with Gasteiger partial charge in [0, 0.05) is 22.6 Å². The van der Waals surface area contributed by atoms with Crippen LogP contribution in [-0.2, 0) is 12.8 Å². The van der Waals surface area contributed by atoms with Gasteiger partial charge in [0.15, 0.2) is 5.69 Å². The number of halogens is 2. The second kappa shape index (κ2) is 9.55. The van der Waals surface area contributed by atoms with Gasteiger partial charge in [-0.2, -0.15) is 10.4 Å². The van der Waals surface area contributed by atoms with E-state index in [4.69, 9.17) is 23.2 Å². The molecule has 0 unspecified atom stereocenters. The molecule has 0 radical (unpaired) electrons. The number of hydrogen-bond acceptors (Lipinski definition) is 4. The Morgan fingerprint density at radius 2 is 1.80 bits per heavy atom. The van der Waals surface area contributed by atoms with Crippen LogP contribution in [0.5, 0.6) is 0 Å². The zero-order chi connectivity index (χ0) is 24.5. The van der Waals surface area contributed by atoms with Crippen LogP contribution in [0.1, 0.15) is 33.2 Å². The molecule has 0 saturated heterocycles. The molecule has 3 aromatic carbocycles. The van der Waals surface area contributed by atoms with Gasteiger partial charge >= 0.3 is 0 Å². The van der Waals surface area contributed by atoms with E-state index in [9.17, 15) is 15.2 Å². The first-order valence-electron chi connectivity index (χ1n) is 11.0. The third-order valence-electron chi connectivity index (χ3n) is 6.14. The Morgan fingerprint density at radius 1 is 1.09 bits per heavy atom. The molecule has 6 nitrogen and oxygen atoms in total. The quantitative estimate of drug-likeness (QED) is 0.387. The first-order chi connectivity index (χ1) is 17.0. The lowest BCUT2D eigenvalue weighted by Crippen LogP contribution is -2.34. The average Bonchev–Trinajstić information content (AvgIpc) is 3.38. The molecule has 1 heterocycles. The summed E-state index contributed by atoms with van der Waals surface area (Å²) in [6.45, 7) is 0. The number of hydrogen-bond donors (Lipinski definition) is 2. The number of amides is 1. The maximum absolute atomic E-state index is 13.6. The van der Waals surface area contributed by atoms with Crippen molar-refractivity contribution in [2.24, 2.45) is 0 Å². The van der Waals surface area contributed by atoms with E-state index >= 15 is 0 Å². The van der Waals surface area contributed by atoms with Crippen LogP contribution in [0.2, 0.25) is 10.0 Å². The fourth-order valence-electron chi connectivity index (χ4n) is 4.54. The molecule has 35 heavy (non-hydrogen) atoms. The minimum Gasteiger partial charge on any atom is -0.390 e. The van der Waals surface area contributed by atoms with Gasteiger partial charge in [0.05, 0.1) is 41.0 Å². The van der Waals surface area contributed by atoms with E-state index in [2.05, 4.69) is 16.5 Å². The SMILES string of the molecule is N#CCc1c(C(=O)N[C@@H]2c3ccccc3C[C@@H]2O)nn(-c2ccccc2Cl)c1-c1ccc(Cl)cc1. The van der Waals surface area contributed by atoms with Crippen molar-refractivity contribution in [3.63, 3.8) is 0 Å². The summed E-state index contributed by atoms with van der Waals surface area (Å²) < 4.78 is 1.59. The molecule has 1 aliphatic rings. The highest BCUT2D eigenvalue weighted by Crippen LogP contribution is 2.35. The van der Waals surface area contributed by atoms with E-state index in [1.165, 1.54) is 0 Å². The number of para-hydroxylation sites is 1. The minimum atomic E-state index is -0.753. The van der Waals surface area contributed by atoms with Gasteiger partial charge in [-0.25, -0.2) is 4.68 Å². The molecule has 0 saturated carbocycles. The molecule has 1 aromatic heterocycles. The number of aromatic nitrogens is 2. The molecule has 8 heteroatoms. The Labute approximate surface area is 212 Å². The van der Waals surface area contributed by atoms with Gasteiger partial charge in [0.2, 0.25) is 0 Å². The topological polar surface area (TPSA) is 90.9 Å². The highest BCUT2D eigenvalue weighted by molar-refractivity contribution is 6.32. The predicted molar refractivity (Wildman–Crippen MR) is 135 cm³/mol. The van der Waals surface area contributed by atoms with Crippen molar-refractivity contribution in [3.05, 3.63) is 105 Å². The van der Waals surface area contributed by atoms with Gasteiger partial charge in [-0.3, -0.25) is 4.79 Å². The fraction of sp³-hybridized carbons (Fsp3) is 0.148. The number of nitrogens with one attached hydrogen (secondary N) is 1. The van der Waals surface area contributed by atoms with E-state index in [-0.39, 0.29) is 12.1 Å². The van der Waals surface area contributed by atoms with Crippen LogP contribution in [0.15, 0.2) is 72.8 Å². The van der Waals surface area contributed by atoms with Crippen LogP contribution < -0.4 is 5.32 Å². The smallest absolute Gasteiger partial charge is 0.272 e. The van der Waals surface area contributed by atoms with Crippen LogP contribution in [0.4, 0.5) is 0 Å². The molecular weight excluding hydrogens is 483 g/mol. The standard InChI is InChI=1S/C27H20Cl2N4O2/c28-18-11-9-16(10-12-18)26-20(13-14-30)25(32-33(26)22-8-4-3-7-21(22)29)27(35)31-24-19-6-2-1-5-17(19)15-23(24)34/h1-12,23-24,34H,13,15H2,(H,31,35)/t23-,24+/m0/s1. The second-order valence-corrected chi connectivity index (χ2v) is 9.15. The highest BCUT2D eigenvalue weighted by Gasteiger charge is 2.34. The van der Waals surface area contributed by atoms with E-state index < -0.39 is 18.1 Å². The van der Waals surface area contributed by atoms with Crippen molar-refractivity contribution in [3.8, 4) is 23.0 Å². The molecule has 1 aliphatic carbocycles. The third kappa shape index (κ3) is 4.30. The third-order valence-corrected chi connectivity index (χ3v) is 6.71. The van der Waals surface area contributed by atoms with Gasteiger partial charge in [-0.1, -0.05) is 71.7 Å². The molecule has 0 spiro atoms. The summed E-state index contributed by atoms with van der Waals surface area (Å²) in [5.41, 5.74) is 4.32. The average molecular weight is 503 g/mol. The van der Waals surface area contributed by atoms with Crippen molar-refractivity contribution < 1.29 is 9.90 Å². The number of rotatable bonds is 5. The van der Waals surface area contributed by atoms with Gasteiger partial charge in [0.1, 0.15) is 0 Å². The summed E-state index contributed by atoms with van der Waals surface area (Å²) >= 11 is 12.6. The Balaban J connectivity index is 1.64. The van der Waals surface area contributed by atoms with E-state index in [0.717, 1.165) is 16.7 Å². The van der Waals surface area contributed by atoms with Crippen molar-refractivity contribution in [1.82, 2.24) is 15.1 Å². The zero-order valence-electron chi connectivity index (χ0n) is 18.5. The molecule has 4 aromatic rings. The summed E-state index contributed by atoms with van der Waals surface area (Å²) in [4.78, 5) is 13.6.